The average molecular weight is 982 g/mol. The van der Waals surface area contributed by atoms with E-state index in [1.54, 1.807) is 0 Å². The van der Waals surface area contributed by atoms with Crippen LogP contribution in [0.2, 0.25) is 0 Å². The van der Waals surface area contributed by atoms with Crippen molar-refractivity contribution in [2.45, 2.75) is 130 Å². The highest BCUT2D eigenvalue weighted by molar-refractivity contribution is 7.00. The lowest BCUT2D eigenvalue weighted by atomic mass is 9.35. The van der Waals surface area contributed by atoms with Crippen LogP contribution >= 0.6 is 0 Å². The van der Waals surface area contributed by atoms with Crippen LogP contribution in [0.1, 0.15) is 131 Å². The van der Waals surface area contributed by atoms with Crippen LogP contribution in [-0.4, -0.2) is 6.71 Å². The molecule has 0 unspecified atom stereocenters. The Bertz CT molecular complexity index is 3660. The lowest BCUT2D eigenvalue weighted by Crippen LogP contribution is -2.61. The van der Waals surface area contributed by atoms with E-state index >= 15 is 0 Å². The fourth-order valence-corrected chi connectivity index (χ4v) is 12.5. The van der Waals surface area contributed by atoms with Crippen molar-refractivity contribution in [2.75, 3.05) is 14.7 Å². The Labute approximate surface area is 447 Å². The normalized spacial score (nSPS) is 15.6. The Morgan fingerprint density at radius 2 is 1.01 bits per heavy atom. The van der Waals surface area contributed by atoms with Gasteiger partial charge in [0.2, 0.25) is 0 Å². The molecule has 0 saturated heterocycles. The summed E-state index contributed by atoms with van der Waals surface area (Å²) in [6.07, 6.45) is 2.25. The van der Waals surface area contributed by atoms with Crippen molar-refractivity contribution in [3.63, 3.8) is 0 Å². The van der Waals surface area contributed by atoms with E-state index in [0.717, 1.165) is 69.3 Å². The van der Waals surface area contributed by atoms with Gasteiger partial charge in [-0.1, -0.05) is 193 Å². The number of para-hydroxylation sites is 2. The molecule has 376 valence electrons. The topological polar surface area (TPSA) is 22.9 Å². The summed E-state index contributed by atoms with van der Waals surface area (Å²) in [5.41, 5.74) is 23.5. The minimum atomic E-state index is -0.204. The molecule has 3 heterocycles. The molecule has 0 spiro atoms. The third kappa shape index (κ3) is 8.12. The van der Waals surface area contributed by atoms with Gasteiger partial charge in [0.25, 0.3) is 6.71 Å². The van der Waals surface area contributed by atoms with Gasteiger partial charge in [0.1, 0.15) is 5.58 Å². The number of anilines is 9. The summed E-state index contributed by atoms with van der Waals surface area (Å²) >= 11 is 0. The number of nitrogens with zero attached hydrogens (tertiary/aromatic N) is 3. The third-order valence-electron chi connectivity index (χ3n) is 16.9. The van der Waals surface area contributed by atoms with Gasteiger partial charge in [0.15, 0.2) is 0 Å². The molecule has 12 rings (SSSR count). The predicted molar refractivity (Wildman–Crippen MR) is 322 cm³/mol. The van der Waals surface area contributed by atoms with Gasteiger partial charge in [0.05, 0.1) is 17.0 Å². The Kier molecular flexibility index (Phi) is 11.1. The Hall–Kier alpha value is -7.24. The van der Waals surface area contributed by atoms with Crippen LogP contribution in [0.15, 0.2) is 180 Å². The van der Waals surface area contributed by atoms with Crippen LogP contribution in [0.3, 0.4) is 0 Å². The Morgan fingerprint density at radius 1 is 0.467 bits per heavy atom. The zero-order chi connectivity index (χ0) is 52.6. The molecule has 1 aliphatic carbocycles. The zero-order valence-electron chi connectivity index (χ0n) is 46.5. The zero-order valence-corrected chi connectivity index (χ0v) is 46.5. The molecule has 4 nitrogen and oxygen atoms in total. The van der Waals surface area contributed by atoms with E-state index < -0.39 is 0 Å². The second-order valence-corrected chi connectivity index (χ2v) is 26.1. The maximum Gasteiger partial charge on any atom is 0.297 e. The van der Waals surface area contributed by atoms with Crippen molar-refractivity contribution in [1.29, 1.82) is 0 Å². The summed E-state index contributed by atoms with van der Waals surface area (Å²) < 4.78 is 7.54. The van der Waals surface area contributed by atoms with Crippen molar-refractivity contribution < 1.29 is 4.42 Å². The highest BCUT2D eigenvalue weighted by atomic mass is 16.3. The van der Waals surface area contributed by atoms with Crippen molar-refractivity contribution in [2.24, 2.45) is 0 Å². The molecule has 75 heavy (non-hydrogen) atoms. The molecule has 8 aromatic carbocycles. The summed E-state index contributed by atoms with van der Waals surface area (Å²) in [6.45, 7) is 30.6. The van der Waals surface area contributed by atoms with Gasteiger partial charge in [-0.15, -0.1) is 0 Å². The molecule has 0 radical (unpaired) electrons. The van der Waals surface area contributed by atoms with E-state index in [4.69, 9.17) is 4.42 Å². The quantitative estimate of drug-likeness (QED) is 0.155. The Morgan fingerprint density at radius 3 is 1.64 bits per heavy atom. The first kappa shape index (κ1) is 48.7. The van der Waals surface area contributed by atoms with E-state index in [1.165, 1.54) is 61.2 Å². The summed E-state index contributed by atoms with van der Waals surface area (Å²) in [5.74, 6) is 0. The molecular formula is C70H72BN3O. The molecule has 5 heteroatoms. The van der Waals surface area contributed by atoms with Gasteiger partial charge in [-0.25, -0.2) is 0 Å². The number of furan rings is 1. The molecule has 0 amide bonds. The number of fused-ring (bicyclic) bond motifs is 7. The lowest BCUT2D eigenvalue weighted by Gasteiger charge is -2.47. The monoisotopic (exact) mass is 982 g/mol. The second-order valence-electron chi connectivity index (χ2n) is 26.1. The average Bonchev–Trinajstić information content (AvgIpc) is 3.78. The molecule has 9 aromatic rings. The van der Waals surface area contributed by atoms with Crippen molar-refractivity contribution in [1.82, 2.24) is 0 Å². The first-order valence-corrected chi connectivity index (χ1v) is 27.3. The van der Waals surface area contributed by atoms with E-state index in [9.17, 15) is 0 Å². The highest BCUT2D eigenvalue weighted by Crippen LogP contribution is 2.54. The van der Waals surface area contributed by atoms with Gasteiger partial charge in [-0.3, -0.25) is 0 Å². The van der Waals surface area contributed by atoms with Crippen LogP contribution < -0.4 is 31.3 Å². The largest absolute Gasteiger partial charge is 0.468 e. The number of hydrogen-bond acceptors (Lipinski definition) is 4. The summed E-state index contributed by atoms with van der Waals surface area (Å²) in [5, 5.41) is 1.13. The summed E-state index contributed by atoms with van der Waals surface area (Å²) in [4.78, 5) is 7.68. The molecule has 0 fully saturated rings. The first-order valence-electron chi connectivity index (χ1n) is 27.3. The van der Waals surface area contributed by atoms with Gasteiger partial charge in [-0.2, -0.15) is 0 Å². The second kappa shape index (κ2) is 17.1. The smallest absolute Gasteiger partial charge is 0.297 e. The van der Waals surface area contributed by atoms with Crippen LogP contribution in [0.5, 0.6) is 0 Å². The molecule has 2 aliphatic heterocycles. The third-order valence-corrected chi connectivity index (χ3v) is 16.9. The number of benzene rings is 8. The van der Waals surface area contributed by atoms with Crippen LogP contribution in [-0.2, 0) is 27.1 Å². The molecule has 0 N–H and O–H groups in total. The maximum absolute atomic E-state index is 7.54. The van der Waals surface area contributed by atoms with E-state index in [0.29, 0.717) is 0 Å². The summed E-state index contributed by atoms with van der Waals surface area (Å²) in [7, 11) is 0. The lowest BCUT2D eigenvalue weighted by molar-refractivity contribution is 0.332. The van der Waals surface area contributed by atoms with Crippen LogP contribution in [0.4, 0.5) is 51.2 Å². The molecule has 0 saturated carbocycles. The van der Waals surface area contributed by atoms with E-state index in [-0.39, 0.29) is 33.8 Å². The highest BCUT2D eigenvalue weighted by Gasteiger charge is 2.50. The maximum atomic E-state index is 7.54. The standard InChI is InChI=1S/C70H72BN3O/c1-66(2,3)47-30-35-51(36-31-47)73-60-41-52(72(49-24-18-15-19-25-49)50-33-28-46(29-34-50)45-22-16-14-17-23-45)42-61-63(60)71(65-64(73)53-40-48(67(4,5)6)32-37-62(53)75-65)57-43-55-56(70(12,13)39-38-69(55,10)11)44-59(57)74(61)58-27-21-20-26-54(58)68(7,8)9/h14-37,40-44H,38-39H2,1-13H3. The van der Waals surface area contributed by atoms with Crippen LogP contribution in [0, 0.1) is 0 Å². The van der Waals surface area contributed by atoms with Crippen LogP contribution in [0.25, 0.3) is 22.1 Å². The Balaban J connectivity index is 1.24. The molecule has 3 aliphatic rings. The minimum absolute atomic E-state index is 0.0128. The van der Waals surface area contributed by atoms with E-state index in [1.807, 2.05) is 0 Å². The minimum Gasteiger partial charge on any atom is -0.468 e. The van der Waals surface area contributed by atoms with E-state index in [2.05, 4.69) is 281 Å². The van der Waals surface area contributed by atoms with Gasteiger partial charge >= 0.3 is 0 Å². The first-order chi connectivity index (χ1) is 35.6. The van der Waals surface area contributed by atoms with Gasteiger partial charge < -0.3 is 19.1 Å². The molecular weight excluding hydrogens is 910 g/mol. The van der Waals surface area contributed by atoms with Crippen molar-refractivity contribution >= 4 is 85.5 Å². The molecule has 1 aromatic heterocycles. The van der Waals surface area contributed by atoms with Crippen molar-refractivity contribution in [3.8, 4) is 11.1 Å². The van der Waals surface area contributed by atoms with Gasteiger partial charge in [-0.05, 0) is 163 Å². The fraction of sp³-hybridized carbons (Fsp3) is 0.286. The predicted octanol–water partition coefficient (Wildman–Crippen LogP) is 17.9. The summed E-state index contributed by atoms with van der Waals surface area (Å²) in [6, 6.07) is 66.4. The SMILES string of the molecule is CC(C)(C)c1ccc(N2c3cc(N(c4ccccc4)c4ccc(-c5ccccc5)cc4)cc4c3B(c3cc5c(cc3N4c3ccccc3C(C)(C)C)C(C)(C)CCC5(C)C)c3oc4ccc(C(C)(C)C)cc4c32)cc1. The fourth-order valence-electron chi connectivity index (χ4n) is 12.5. The number of hydrogen-bond donors (Lipinski definition) is 0. The number of rotatable bonds is 6. The van der Waals surface area contributed by atoms with Crippen molar-refractivity contribution in [3.05, 3.63) is 204 Å². The molecule has 0 atom stereocenters. The van der Waals surface area contributed by atoms with Gasteiger partial charge in [0, 0.05) is 45.2 Å². The molecule has 0 bridgehead atoms.